The van der Waals surface area contributed by atoms with E-state index in [1.54, 1.807) is 23.5 Å². The molecule has 3 nitrogen and oxygen atoms in total. The first kappa shape index (κ1) is 11.9. The van der Waals surface area contributed by atoms with Gasteiger partial charge in [0.05, 0.1) is 22.4 Å². The lowest BCUT2D eigenvalue weighted by atomic mass is 10.2. The summed E-state index contributed by atoms with van der Waals surface area (Å²) in [6, 6.07) is 4.73. The van der Waals surface area contributed by atoms with Crippen LogP contribution in [0.3, 0.4) is 0 Å². The van der Waals surface area contributed by atoms with Crippen molar-refractivity contribution in [1.82, 2.24) is 4.98 Å². The van der Waals surface area contributed by atoms with Crippen LogP contribution in [-0.2, 0) is 4.74 Å². The fraction of sp³-hybridized carbons (Fsp3) is 0.462. The molecule has 1 saturated heterocycles. The van der Waals surface area contributed by atoms with Crippen LogP contribution in [0.15, 0.2) is 18.2 Å². The zero-order chi connectivity index (χ0) is 12.7. The summed E-state index contributed by atoms with van der Waals surface area (Å²) in [7, 11) is 0. The van der Waals surface area contributed by atoms with Gasteiger partial charge in [-0.3, -0.25) is 0 Å². The Balaban J connectivity index is 1.93. The minimum absolute atomic E-state index is 0.206. The number of fused-ring (bicyclic) bond motifs is 1. The second kappa shape index (κ2) is 4.48. The molecule has 0 radical (unpaired) electrons. The minimum Gasteiger partial charge on any atom is -0.372 e. The van der Waals surface area contributed by atoms with E-state index in [1.807, 2.05) is 0 Å². The average molecular weight is 266 g/mol. The van der Waals surface area contributed by atoms with Crippen LogP contribution in [0.2, 0.25) is 0 Å². The number of halogens is 1. The lowest BCUT2D eigenvalue weighted by molar-refractivity contribution is -0.00521. The van der Waals surface area contributed by atoms with Crippen molar-refractivity contribution in [1.29, 1.82) is 0 Å². The van der Waals surface area contributed by atoms with Crippen LogP contribution in [0.1, 0.15) is 13.8 Å². The van der Waals surface area contributed by atoms with Gasteiger partial charge < -0.3 is 9.64 Å². The molecule has 0 saturated carbocycles. The second-order valence-electron chi connectivity index (χ2n) is 4.77. The molecular formula is C13H15FN2OS. The first-order valence-corrected chi connectivity index (χ1v) is 6.90. The van der Waals surface area contributed by atoms with Crippen molar-refractivity contribution in [3.63, 3.8) is 0 Å². The van der Waals surface area contributed by atoms with Crippen molar-refractivity contribution < 1.29 is 9.13 Å². The maximum absolute atomic E-state index is 13.2. The Kier molecular flexibility index (Phi) is 2.95. The van der Waals surface area contributed by atoms with E-state index in [0.29, 0.717) is 0 Å². The van der Waals surface area contributed by atoms with E-state index in [0.717, 1.165) is 28.4 Å². The van der Waals surface area contributed by atoms with Gasteiger partial charge in [0.15, 0.2) is 5.13 Å². The van der Waals surface area contributed by atoms with E-state index < -0.39 is 0 Å². The van der Waals surface area contributed by atoms with Crippen molar-refractivity contribution in [2.45, 2.75) is 26.1 Å². The molecule has 1 fully saturated rings. The number of thiazole rings is 1. The number of aromatic nitrogens is 1. The highest BCUT2D eigenvalue weighted by Gasteiger charge is 2.24. The van der Waals surface area contributed by atoms with Crippen molar-refractivity contribution in [3.8, 4) is 0 Å². The third-order valence-electron chi connectivity index (χ3n) is 3.03. The van der Waals surface area contributed by atoms with Crippen molar-refractivity contribution in [2.24, 2.45) is 0 Å². The fourth-order valence-corrected chi connectivity index (χ4v) is 3.36. The highest BCUT2D eigenvalue weighted by Crippen LogP contribution is 2.30. The van der Waals surface area contributed by atoms with E-state index in [-0.39, 0.29) is 18.0 Å². The molecule has 3 rings (SSSR count). The van der Waals surface area contributed by atoms with Gasteiger partial charge in [0.1, 0.15) is 5.82 Å². The lowest BCUT2D eigenvalue weighted by Crippen LogP contribution is -2.45. The Labute approximate surface area is 109 Å². The first-order chi connectivity index (χ1) is 8.61. The quantitative estimate of drug-likeness (QED) is 0.793. The zero-order valence-corrected chi connectivity index (χ0v) is 11.2. The lowest BCUT2D eigenvalue weighted by Gasteiger charge is -2.35. The van der Waals surface area contributed by atoms with Gasteiger partial charge in [-0.05, 0) is 32.0 Å². The Morgan fingerprint density at radius 1 is 1.33 bits per heavy atom. The molecule has 1 aromatic heterocycles. The largest absolute Gasteiger partial charge is 0.372 e. The van der Waals surface area contributed by atoms with Gasteiger partial charge in [0, 0.05) is 13.1 Å². The predicted molar refractivity (Wildman–Crippen MR) is 71.8 cm³/mol. The van der Waals surface area contributed by atoms with E-state index in [4.69, 9.17) is 4.74 Å². The summed E-state index contributed by atoms with van der Waals surface area (Å²) in [6.07, 6.45) is 0.412. The number of hydrogen-bond donors (Lipinski definition) is 0. The number of rotatable bonds is 1. The van der Waals surface area contributed by atoms with Gasteiger partial charge in [0.25, 0.3) is 0 Å². The van der Waals surface area contributed by atoms with Crippen LogP contribution < -0.4 is 4.90 Å². The predicted octanol–water partition coefficient (Wildman–Crippen LogP) is 3.05. The Hall–Kier alpha value is -1.20. The van der Waals surface area contributed by atoms with Crippen molar-refractivity contribution >= 4 is 26.7 Å². The summed E-state index contributed by atoms with van der Waals surface area (Å²) in [5.41, 5.74) is 0.864. The standard InChI is InChI=1S/C13H15FN2OS/c1-8-6-16(7-9(2)17-8)13-15-11-4-3-10(14)5-12(11)18-13/h3-5,8-9H,6-7H2,1-2H3. The third-order valence-corrected chi connectivity index (χ3v) is 4.11. The normalized spacial score (nSPS) is 24.7. The average Bonchev–Trinajstić information content (AvgIpc) is 2.70. The fourth-order valence-electron chi connectivity index (χ4n) is 2.36. The molecule has 0 bridgehead atoms. The molecule has 0 spiro atoms. The van der Waals surface area contributed by atoms with Crippen molar-refractivity contribution in [3.05, 3.63) is 24.0 Å². The number of morpholine rings is 1. The van der Waals surface area contributed by atoms with Crippen LogP contribution in [0.25, 0.3) is 10.2 Å². The Bertz CT molecular complexity index is 561. The molecule has 1 aliphatic rings. The summed E-state index contributed by atoms with van der Waals surface area (Å²) >= 11 is 1.54. The summed E-state index contributed by atoms with van der Waals surface area (Å²) in [4.78, 5) is 6.79. The van der Waals surface area contributed by atoms with E-state index in [1.165, 1.54) is 6.07 Å². The van der Waals surface area contributed by atoms with Gasteiger partial charge in [0.2, 0.25) is 0 Å². The van der Waals surface area contributed by atoms with Gasteiger partial charge in [-0.1, -0.05) is 11.3 Å². The van der Waals surface area contributed by atoms with Gasteiger partial charge in [-0.15, -0.1) is 0 Å². The molecular weight excluding hydrogens is 251 g/mol. The first-order valence-electron chi connectivity index (χ1n) is 6.08. The van der Waals surface area contributed by atoms with Crippen LogP contribution in [0.5, 0.6) is 0 Å². The molecule has 1 aliphatic heterocycles. The number of benzene rings is 1. The second-order valence-corrected chi connectivity index (χ2v) is 5.78. The number of hydrogen-bond acceptors (Lipinski definition) is 4. The molecule has 2 heterocycles. The summed E-state index contributed by atoms with van der Waals surface area (Å²) in [5, 5.41) is 0.956. The Morgan fingerprint density at radius 3 is 2.78 bits per heavy atom. The molecule has 2 atom stereocenters. The highest BCUT2D eigenvalue weighted by molar-refractivity contribution is 7.22. The monoisotopic (exact) mass is 266 g/mol. The number of anilines is 1. The third kappa shape index (κ3) is 2.20. The number of ether oxygens (including phenoxy) is 1. The summed E-state index contributed by atoms with van der Waals surface area (Å²) < 4.78 is 19.8. The molecule has 96 valence electrons. The van der Waals surface area contributed by atoms with Gasteiger partial charge >= 0.3 is 0 Å². The molecule has 2 aromatic rings. The zero-order valence-electron chi connectivity index (χ0n) is 10.4. The topological polar surface area (TPSA) is 25.4 Å². The summed E-state index contributed by atoms with van der Waals surface area (Å²) in [5.74, 6) is -0.207. The maximum Gasteiger partial charge on any atom is 0.186 e. The maximum atomic E-state index is 13.2. The molecule has 0 amide bonds. The molecule has 0 aliphatic carbocycles. The molecule has 1 aromatic carbocycles. The van der Waals surface area contributed by atoms with E-state index >= 15 is 0 Å². The SMILES string of the molecule is CC1CN(c2nc3ccc(F)cc3s2)CC(C)O1. The molecule has 0 N–H and O–H groups in total. The van der Waals surface area contributed by atoms with Gasteiger partial charge in [-0.25, -0.2) is 9.37 Å². The van der Waals surface area contributed by atoms with E-state index in [2.05, 4.69) is 23.7 Å². The van der Waals surface area contributed by atoms with Crippen LogP contribution in [0.4, 0.5) is 9.52 Å². The molecule has 2 unspecified atom stereocenters. The van der Waals surface area contributed by atoms with Crippen LogP contribution in [-0.4, -0.2) is 30.3 Å². The van der Waals surface area contributed by atoms with Crippen LogP contribution in [0, 0.1) is 5.82 Å². The number of nitrogens with zero attached hydrogens (tertiary/aromatic N) is 2. The summed E-state index contributed by atoms with van der Waals surface area (Å²) in [6.45, 7) is 5.81. The molecule has 5 heteroatoms. The van der Waals surface area contributed by atoms with Crippen molar-refractivity contribution in [2.75, 3.05) is 18.0 Å². The minimum atomic E-state index is -0.207. The van der Waals surface area contributed by atoms with Gasteiger partial charge in [-0.2, -0.15) is 0 Å². The highest BCUT2D eigenvalue weighted by atomic mass is 32.1. The Morgan fingerprint density at radius 2 is 2.06 bits per heavy atom. The smallest absolute Gasteiger partial charge is 0.186 e. The van der Waals surface area contributed by atoms with Crippen LogP contribution >= 0.6 is 11.3 Å². The molecule has 18 heavy (non-hydrogen) atoms. The van der Waals surface area contributed by atoms with E-state index in [9.17, 15) is 4.39 Å².